The van der Waals surface area contributed by atoms with Gasteiger partial charge in [-0.3, -0.25) is 4.79 Å². The van der Waals surface area contributed by atoms with Gasteiger partial charge >= 0.3 is 5.97 Å². The molecule has 11 heteroatoms. The fraction of sp³-hybridized carbons (Fsp3) is 0.429. The Labute approximate surface area is 229 Å². The minimum atomic E-state index is -4.12. The van der Waals surface area contributed by atoms with Gasteiger partial charge in [-0.05, 0) is 81.1 Å². The number of ether oxygens (including phenoxy) is 1. The Morgan fingerprint density at radius 3 is 2.79 bits per heavy atom. The van der Waals surface area contributed by atoms with E-state index in [1.54, 1.807) is 25.1 Å². The molecule has 39 heavy (non-hydrogen) atoms. The lowest BCUT2D eigenvalue weighted by molar-refractivity contribution is -0.155. The van der Waals surface area contributed by atoms with Crippen LogP contribution in [0.1, 0.15) is 42.7 Å². The monoisotopic (exact) mass is 551 g/mol. The Kier molecular flexibility index (Phi) is 8.80. The smallest absolute Gasteiger partial charge is 0.329 e. The molecule has 0 bridgehead atoms. The number of aromatic nitrogens is 1. The summed E-state index contributed by atoms with van der Waals surface area (Å²) in [6.07, 6.45) is 4.40. The Hall–Kier alpha value is -3.59. The van der Waals surface area contributed by atoms with Crippen LogP contribution in [0.25, 0.3) is 0 Å². The normalized spacial score (nSPS) is 18.5. The summed E-state index contributed by atoms with van der Waals surface area (Å²) in [5.41, 5.74) is 3.70. The molecule has 2 aliphatic heterocycles. The maximum Gasteiger partial charge on any atom is 0.329 e. The topological polar surface area (TPSA) is 133 Å². The highest BCUT2D eigenvalue weighted by Crippen LogP contribution is 2.24. The molecule has 1 aromatic carbocycles. The van der Waals surface area contributed by atoms with E-state index in [4.69, 9.17) is 4.74 Å². The first-order valence-corrected chi connectivity index (χ1v) is 14.4. The number of esters is 1. The van der Waals surface area contributed by atoms with Crippen molar-refractivity contribution in [2.45, 2.75) is 56.6 Å². The van der Waals surface area contributed by atoms with E-state index >= 15 is 0 Å². The molecular weight excluding hydrogens is 518 g/mol. The summed E-state index contributed by atoms with van der Waals surface area (Å²) in [6.45, 7) is 5.42. The van der Waals surface area contributed by atoms with Crippen LogP contribution in [0, 0.1) is 11.3 Å². The zero-order chi connectivity index (χ0) is 28.2. The molecule has 206 valence electrons. The van der Waals surface area contributed by atoms with Crippen molar-refractivity contribution in [2.24, 2.45) is 0 Å². The number of pyridine rings is 1. The van der Waals surface area contributed by atoms with Crippen molar-refractivity contribution in [1.29, 1.82) is 5.26 Å². The SMILES string of the molecule is CCOC(=O)[C@H]1CC(C)=CCN1C(=O)[C@H](Cc1ccnc(C#N)c1)NS(=O)(=O)c1ccc2c(c1)CN(C)CC2. The Bertz CT molecular complexity index is 1430. The van der Waals surface area contributed by atoms with Crippen LogP contribution in [-0.4, -0.2) is 73.9 Å². The van der Waals surface area contributed by atoms with E-state index in [1.165, 1.54) is 17.2 Å². The third-order valence-electron chi connectivity index (χ3n) is 7.04. The molecule has 2 aromatic rings. The van der Waals surface area contributed by atoms with Gasteiger partial charge < -0.3 is 14.5 Å². The van der Waals surface area contributed by atoms with Crippen molar-refractivity contribution in [3.05, 3.63) is 70.6 Å². The number of nitriles is 1. The molecule has 0 saturated carbocycles. The van der Waals surface area contributed by atoms with E-state index in [1.807, 2.05) is 32.2 Å². The predicted molar refractivity (Wildman–Crippen MR) is 144 cm³/mol. The van der Waals surface area contributed by atoms with Crippen LogP contribution in [0.2, 0.25) is 0 Å². The van der Waals surface area contributed by atoms with E-state index in [2.05, 4.69) is 14.6 Å². The van der Waals surface area contributed by atoms with E-state index < -0.39 is 34.0 Å². The first kappa shape index (κ1) is 28.4. The predicted octanol–water partition coefficient (Wildman–Crippen LogP) is 1.94. The summed E-state index contributed by atoms with van der Waals surface area (Å²) in [5, 5.41) is 9.27. The third-order valence-corrected chi connectivity index (χ3v) is 8.50. The van der Waals surface area contributed by atoms with Gasteiger partial charge in [0.25, 0.3) is 0 Å². The molecular formula is C28H33N5O5S. The first-order chi connectivity index (χ1) is 18.6. The lowest BCUT2D eigenvalue weighted by atomic mass is 9.98. The number of rotatable bonds is 8. The maximum absolute atomic E-state index is 13.9. The summed E-state index contributed by atoms with van der Waals surface area (Å²) in [4.78, 5) is 34.2. The number of sulfonamides is 1. The molecule has 10 nitrogen and oxygen atoms in total. The molecule has 0 unspecified atom stereocenters. The van der Waals surface area contributed by atoms with Crippen LogP contribution in [-0.2, 0) is 43.7 Å². The molecule has 3 heterocycles. The van der Waals surface area contributed by atoms with Crippen molar-refractivity contribution in [2.75, 3.05) is 26.7 Å². The average molecular weight is 552 g/mol. The fourth-order valence-corrected chi connectivity index (χ4v) is 6.19. The summed E-state index contributed by atoms with van der Waals surface area (Å²) >= 11 is 0. The first-order valence-electron chi connectivity index (χ1n) is 12.9. The van der Waals surface area contributed by atoms with Gasteiger partial charge in [0, 0.05) is 25.8 Å². The number of fused-ring (bicyclic) bond motifs is 1. The molecule has 0 fully saturated rings. The molecule has 1 N–H and O–H groups in total. The van der Waals surface area contributed by atoms with Crippen molar-refractivity contribution in [3.8, 4) is 6.07 Å². The second-order valence-electron chi connectivity index (χ2n) is 9.97. The van der Waals surface area contributed by atoms with Crippen molar-refractivity contribution >= 4 is 21.9 Å². The van der Waals surface area contributed by atoms with E-state index in [0.717, 1.165) is 29.7 Å². The number of amides is 1. The van der Waals surface area contributed by atoms with Crippen LogP contribution in [0.4, 0.5) is 0 Å². The van der Waals surface area contributed by atoms with Crippen molar-refractivity contribution in [3.63, 3.8) is 0 Å². The number of carbonyl (C=O) groups is 2. The molecule has 2 atom stereocenters. The molecule has 0 radical (unpaired) electrons. The van der Waals surface area contributed by atoms with Crippen molar-refractivity contribution < 1.29 is 22.7 Å². The number of nitrogens with zero attached hydrogens (tertiary/aromatic N) is 4. The second kappa shape index (κ2) is 12.1. The zero-order valence-electron chi connectivity index (χ0n) is 22.4. The highest BCUT2D eigenvalue weighted by atomic mass is 32.2. The number of hydrogen-bond acceptors (Lipinski definition) is 8. The van der Waals surface area contributed by atoms with Gasteiger partial charge in [0.1, 0.15) is 23.8 Å². The van der Waals surface area contributed by atoms with Gasteiger partial charge in [-0.15, -0.1) is 0 Å². The average Bonchev–Trinajstić information content (AvgIpc) is 2.92. The van der Waals surface area contributed by atoms with Gasteiger partial charge in [-0.25, -0.2) is 18.2 Å². The summed E-state index contributed by atoms with van der Waals surface area (Å²) in [6, 6.07) is 8.06. The van der Waals surface area contributed by atoms with Gasteiger partial charge in [-0.1, -0.05) is 17.7 Å². The highest BCUT2D eigenvalue weighted by molar-refractivity contribution is 7.89. The summed E-state index contributed by atoms with van der Waals surface area (Å²) in [5.74, 6) is -1.08. The molecule has 1 aromatic heterocycles. The Morgan fingerprint density at radius 2 is 2.05 bits per heavy atom. The van der Waals surface area contributed by atoms with Crippen LogP contribution in [0.15, 0.2) is 53.1 Å². The Balaban J connectivity index is 1.68. The molecule has 0 saturated heterocycles. The number of nitrogens with one attached hydrogen (secondary N) is 1. The fourth-order valence-electron chi connectivity index (χ4n) is 4.95. The number of hydrogen-bond donors (Lipinski definition) is 1. The lowest BCUT2D eigenvalue weighted by Crippen LogP contribution is -2.56. The number of carbonyl (C=O) groups excluding carboxylic acids is 2. The van der Waals surface area contributed by atoms with E-state index in [9.17, 15) is 23.3 Å². The second-order valence-corrected chi connectivity index (χ2v) is 11.7. The van der Waals surface area contributed by atoms with Crippen LogP contribution >= 0.6 is 0 Å². The van der Waals surface area contributed by atoms with Gasteiger partial charge in [-0.2, -0.15) is 9.98 Å². The maximum atomic E-state index is 13.9. The van der Waals surface area contributed by atoms with Gasteiger partial charge in [0.2, 0.25) is 15.9 Å². The zero-order valence-corrected chi connectivity index (χ0v) is 23.2. The van der Waals surface area contributed by atoms with Crippen LogP contribution in [0.5, 0.6) is 0 Å². The molecule has 2 aliphatic rings. The molecule has 1 amide bonds. The number of likely N-dealkylation sites (N-methyl/N-ethyl adjacent to an activating group) is 1. The Morgan fingerprint density at radius 1 is 1.26 bits per heavy atom. The molecule has 4 rings (SSSR count). The van der Waals surface area contributed by atoms with Crippen LogP contribution in [0.3, 0.4) is 0 Å². The number of benzene rings is 1. The quantitative estimate of drug-likeness (QED) is 0.389. The summed E-state index contributed by atoms with van der Waals surface area (Å²) in [7, 11) is -2.13. The largest absolute Gasteiger partial charge is 0.464 e. The van der Waals surface area contributed by atoms with E-state index in [-0.39, 0.29) is 30.2 Å². The third kappa shape index (κ3) is 6.71. The summed E-state index contributed by atoms with van der Waals surface area (Å²) < 4.78 is 35.1. The highest BCUT2D eigenvalue weighted by Gasteiger charge is 2.38. The minimum absolute atomic E-state index is 0.0301. The molecule has 0 spiro atoms. The van der Waals surface area contributed by atoms with Crippen LogP contribution < -0.4 is 4.72 Å². The molecule has 0 aliphatic carbocycles. The van der Waals surface area contributed by atoms with Gasteiger partial charge in [0.15, 0.2) is 0 Å². The van der Waals surface area contributed by atoms with Crippen molar-refractivity contribution in [1.82, 2.24) is 19.5 Å². The van der Waals surface area contributed by atoms with E-state index in [0.29, 0.717) is 18.5 Å². The van der Waals surface area contributed by atoms with Gasteiger partial charge in [0.05, 0.1) is 11.5 Å². The standard InChI is InChI=1S/C28H33N5O5S/c1-4-38-28(35)26-13-19(2)8-12-33(26)27(34)25(15-20-7-10-30-23(14-20)17-29)31-39(36,37)24-6-5-21-9-11-32(3)18-22(21)16-24/h5-8,10,14,16,25-26,31H,4,9,11-13,15,18H2,1-3H3/t25-,26+/m0/s1. The minimum Gasteiger partial charge on any atom is -0.464 e. The lowest BCUT2D eigenvalue weighted by Gasteiger charge is -2.35.